The molecule has 1 aromatic heterocycles. The van der Waals surface area contributed by atoms with Gasteiger partial charge in [-0.25, -0.2) is 8.42 Å². The maximum Gasteiger partial charge on any atom is 0.264 e. The van der Waals surface area contributed by atoms with Gasteiger partial charge in [-0.05, 0) is 37.0 Å². The number of hydrogen-bond acceptors (Lipinski definition) is 5. The highest BCUT2D eigenvalue weighted by atomic mass is 32.2. The van der Waals surface area contributed by atoms with Gasteiger partial charge < -0.3 is 5.73 Å². The first-order chi connectivity index (χ1) is 10.0. The molecule has 1 heterocycles. The van der Waals surface area contributed by atoms with Crippen LogP contribution in [0.4, 0.5) is 10.7 Å². The maximum atomic E-state index is 12.4. The van der Waals surface area contributed by atoms with Gasteiger partial charge in [0.05, 0.1) is 11.3 Å². The van der Waals surface area contributed by atoms with Crippen LogP contribution in [0.2, 0.25) is 0 Å². The minimum absolute atomic E-state index is 0.0300. The van der Waals surface area contributed by atoms with Crippen molar-refractivity contribution in [2.75, 3.05) is 10.5 Å². The number of benzene rings is 1. The van der Waals surface area contributed by atoms with Crippen molar-refractivity contribution in [1.82, 2.24) is 0 Å². The lowest BCUT2D eigenvalue weighted by molar-refractivity contribution is 0.601. The smallest absolute Gasteiger partial charge is 0.264 e. The Hall–Kier alpha value is -2.04. The molecular weight excluding hydrogens is 306 g/mol. The molecule has 0 fully saturated rings. The van der Waals surface area contributed by atoms with E-state index in [2.05, 4.69) is 10.8 Å². The molecular formula is C14H13N3O2S2. The third-order valence-corrected chi connectivity index (χ3v) is 6.23. The largest absolute Gasteiger partial charge is 0.398 e. The Morgan fingerprint density at radius 1 is 1.29 bits per heavy atom. The highest BCUT2D eigenvalue weighted by Gasteiger charge is 2.26. The number of sulfonamides is 1. The van der Waals surface area contributed by atoms with Gasteiger partial charge in [-0.15, -0.1) is 11.3 Å². The summed E-state index contributed by atoms with van der Waals surface area (Å²) in [6.07, 6.45) is 2.77. The van der Waals surface area contributed by atoms with Crippen molar-refractivity contribution in [3.8, 4) is 6.07 Å². The molecule has 0 amide bonds. The van der Waals surface area contributed by atoms with Gasteiger partial charge in [0.25, 0.3) is 10.0 Å². The van der Waals surface area contributed by atoms with Crippen LogP contribution in [0.5, 0.6) is 0 Å². The Labute approximate surface area is 127 Å². The fourth-order valence-electron chi connectivity index (χ4n) is 2.50. The second kappa shape index (κ2) is 5.06. The lowest BCUT2D eigenvalue weighted by atomic mass is 10.1. The highest BCUT2D eigenvalue weighted by molar-refractivity contribution is 7.93. The number of thiophene rings is 1. The van der Waals surface area contributed by atoms with E-state index < -0.39 is 10.0 Å². The minimum atomic E-state index is -3.78. The lowest BCUT2D eigenvalue weighted by Gasteiger charge is -2.09. The van der Waals surface area contributed by atoms with Crippen molar-refractivity contribution in [3.63, 3.8) is 0 Å². The second-order valence-corrected chi connectivity index (χ2v) is 7.57. The Bertz CT molecular complexity index is 848. The third-order valence-electron chi connectivity index (χ3n) is 3.47. The summed E-state index contributed by atoms with van der Waals surface area (Å²) in [6, 6.07) is 8.39. The summed E-state index contributed by atoms with van der Waals surface area (Å²) >= 11 is 1.35. The highest BCUT2D eigenvalue weighted by Crippen LogP contribution is 2.39. The molecule has 0 atom stereocenters. The standard InChI is InChI=1S/C14H13N3O2S2/c15-8-10-9-4-3-6-12(9)20-14(10)17-21(18,19)13-7-2-1-5-11(13)16/h1-2,5,7,17H,3-4,6,16H2. The summed E-state index contributed by atoms with van der Waals surface area (Å²) in [5.74, 6) is 0. The molecule has 3 N–H and O–H groups in total. The molecule has 0 radical (unpaired) electrons. The van der Waals surface area contributed by atoms with Crippen molar-refractivity contribution in [3.05, 3.63) is 40.3 Å². The number of nitrogens with zero attached hydrogens (tertiary/aromatic N) is 1. The van der Waals surface area contributed by atoms with Crippen LogP contribution in [0.15, 0.2) is 29.2 Å². The zero-order chi connectivity index (χ0) is 15.0. The molecule has 108 valence electrons. The molecule has 0 unspecified atom stereocenters. The van der Waals surface area contributed by atoms with Gasteiger partial charge in [0.2, 0.25) is 0 Å². The first-order valence-corrected chi connectivity index (χ1v) is 8.75. The van der Waals surface area contributed by atoms with Crippen LogP contribution < -0.4 is 10.5 Å². The van der Waals surface area contributed by atoms with E-state index in [1.54, 1.807) is 12.1 Å². The van der Waals surface area contributed by atoms with Gasteiger partial charge in [0, 0.05) is 4.88 Å². The SMILES string of the molecule is N#Cc1c(NS(=O)(=O)c2ccccc2N)sc2c1CCC2. The molecule has 0 spiro atoms. The first kappa shape index (κ1) is 13.9. The summed E-state index contributed by atoms with van der Waals surface area (Å²) in [5, 5.41) is 9.68. The summed E-state index contributed by atoms with van der Waals surface area (Å²) in [6.45, 7) is 0. The lowest BCUT2D eigenvalue weighted by Crippen LogP contribution is -2.14. The van der Waals surface area contributed by atoms with E-state index >= 15 is 0 Å². The van der Waals surface area contributed by atoms with Crippen LogP contribution in [0.25, 0.3) is 0 Å². The third kappa shape index (κ3) is 2.37. The number of aryl methyl sites for hydroxylation is 1. The van der Waals surface area contributed by atoms with E-state index in [1.807, 2.05) is 0 Å². The van der Waals surface area contributed by atoms with Crippen molar-refractivity contribution >= 4 is 32.0 Å². The van der Waals surface area contributed by atoms with Crippen LogP contribution in [0.3, 0.4) is 0 Å². The number of nitriles is 1. The maximum absolute atomic E-state index is 12.4. The number of nitrogens with two attached hydrogens (primary N) is 1. The van der Waals surface area contributed by atoms with Gasteiger partial charge in [-0.3, -0.25) is 4.72 Å². The fraction of sp³-hybridized carbons (Fsp3) is 0.214. The molecule has 2 aromatic rings. The predicted molar refractivity (Wildman–Crippen MR) is 82.7 cm³/mol. The molecule has 3 rings (SSSR count). The van der Waals surface area contributed by atoms with E-state index in [1.165, 1.54) is 23.5 Å². The molecule has 1 aromatic carbocycles. The predicted octanol–water partition coefficient (Wildman–Crippen LogP) is 2.49. The second-order valence-electron chi connectivity index (χ2n) is 4.82. The first-order valence-electron chi connectivity index (χ1n) is 6.45. The Morgan fingerprint density at radius 3 is 2.76 bits per heavy atom. The fourth-order valence-corrected chi connectivity index (χ4v) is 5.18. The van der Waals surface area contributed by atoms with E-state index in [0.29, 0.717) is 10.6 Å². The topological polar surface area (TPSA) is 96.0 Å². The summed E-state index contributed by atoms with van der Waals surface area (Å²) in [4.78, 5) is 1.13. The quantitative estimate of drug-likeness (QED) is 0.850. The van der Waals surface area contributed by atoms with Gasteiger partial charge in [-0.2, -0.15) is 5.26 Å². The summed E-state index contributed by atoms with van der Waals surface area (Å²) in [7, 11) is -3.78. The average molecular weight is 319 g/mol. The number of fused-ring (bicyclic) bond motifs is 1. The van der Waals surface area contributed by atoms with E-state index in [-0.39, 0.29) is 10.6 Å². The molecule has 21 heavy (non-hydrogen) atoms. The molecule has 7 heteroatoms. The van der Waals surface area contributed by atoms with E-state index in [0.717, 1.165) is 29.7 Å². The number of para-hydroxylation sites is 1. The van der Waals surface area contributed by atoms with Gasteiger partial charge in [-0.1, -0.05) is 12.1 Å². The number of nitrogens with one attached hydrogen (secondary N) is 1. The zero-order valence-electron chi connectivity index (χ0n) is 11.1. The van der Waals surface area contributed by atoms with Crippen molar-refractivity contribution in [1.29, 1.82) is 5.26 Å². The van der Waals surface area contributed by atoms with Crippen LogP contribution >= 0.6 is 11.3 Å². The van der Waals surface area contributed by atoms with Crippen LogP contribution in [-0.4, -0.2) is 8.42 Å². The average Bonchev–Trinajstić information content (AvgIpc) is 2.98. The number of nitrogen functional groups attached to an aromatic ring is 1. The summed E-state index contributed by atoms with van der Waals surface area (Å²) in [5.41, 5.74) is 7.35. The molecule has 1 aliphatic rings. The van der Waals surface area contributed by atoms with E-state index in [4.69, 9.17) is 5.73 Å². The van der Waals surface area contributed by atoms with Gasteiger partial charge in [0.15, 0.2) is 0 Å². The normalized spacial score (nSPS) is 13.7. The van der Waals surface area contributed by atoms with E-state index in [9.17, 15) is 13.7 Å². The Balaban J connectivity index is 2.02. The van der Waals surface area contributed by atoms with Gasteiger partial charge in [0.1, 0.15) is 16.0 Å². The monoisotopic (exact) mass is 319 g/mol. The summed E-state index contributed by atoms with van der Waals surface area (Å²) < 4.78 is 27.4. The van der Waals surface area contributed by atoms with Crippen molar-refractivity contribution in [2.45, 2.75) is 24.2 Å². The molecule has 5 nitrogen and oxygen atoms in total. The van der Waals surface area contributed by atoms with Crippen LogP contribution in [0.1, 0.15) is 22.4 Å². The molecule has 0 aliphatic heterocycles. The number of anilines is 2. The van der Waals surface area contributed by atoms with Crippen molar-refractivity contribution < 1.29 is 8.42 Å². The zero-order valence-corrected chi connectivity index (χ0v) is 12.7. The minimum Gasteiger partial charge on any atom is -0.398 e. The van der Waals surface area contributed by atoms with Crippen LogP contribution in [-0.2, 0) is 22.9 Å². The number of hydrogen-bond donors (Lipinski definition) is 2. The molecule has 0 saturated carbocycles. The Kier molecular flexibility index (Phi) is 3.35. The molecule has 0 saturated heterocycles. The van der Waals surface area contributed by atoms with Crippen LogP contribution in [0, 0.1) is 11.3 Å². The molecule has 0 bridgehead atoms. The Morgan fingerprint density at radius 2 is 2.05 bits per heavy atom. The van der Waals surface area contributed by atoms with Crippen molar-refractivity contribution in [2.24, 2.45) is 0 Å². The number of rotatable bonds is 3. The van der Waals surface area contributed by atoms with Gasteiger partial charge >= 0.3 is 0 Å². The molecule has 1 aliphatic carbocycles.